The van der Waals surface area contributed by atoms with Gasteiger partial charge >= 0.3 is 0 Å². The smallest absolute Gasteiger partial charge is 0.291 e. The van der Waals surface area contributed by atoms with Crippen molar-refractivity contribution >= 4 is 23.3 Å². The molecule has 0 unspecified atom stereocenters. The summed E-state index contributed by atoms with van der Waals surface area (Å²) in [5, 5.41) is 5.72. The highest BCUT2D eigenvalue weighted by Gasteiger charge is 2.37. The summed E-state index contributed by atoms with van der Waals surface area (Å²) < 4.78 is 5.79. The minimum atomic E-state index is -0.396. The van der Waals surface area contributed by atoms with Crippen LogP contribution in [-0.2, 0) is 6.42 Å². The maximum Gasteiger partial charge on any atom is 0.291 e. The summed E-state index contributed by atoms with van der Waals surface area (Å²) in [5.74, 6) is 0.295. The average molecular weight is 380 g/mol. The van der Waals surface area contributed by atoms with Crippen LogP contribution in [0, 0.1) is 12.3 Å². The van der Waals surface area contributed by atoms with Crippen LogP contribution in [0.1, 0.15) is 75.7 Å². The number of carbonyl (C=O) groups is 3. The number of carbonyl (C=O) groups excluding carboxylic acids is 3. The van der Waals surface area contributed by atoms with Crippen molar-refractivity contribution < 1.29 is 18.8 Å². The summed E-state index contributed by atoms with van der Waals surface area (Å²) in [6, 6.07) is 7.03. The molecule has 0 radical (unpaired) electrons. The van der Waals surface area contributed by atoms with E-state index in [0.717, 1.165) is 12.8 Å². The second kappa shape index (κ2) is 6.62. The summed E-state index contributed by atoms with van der Waals surface area (Å²) >= 11 is 0. The molecule has 0 aliphatic heterocycles. The van der Waals surface area contributed by atoms with Gasteiger partial charge in [0, 0.05) is 35.7 Å². The monoisotopic (exact) mass is 380 g/mol. The molecule has 2 N–H and O–H groups in total. The fraction of sp³-hybridized carbons (Fsp3) is 0.409. The summed E-state index contributed by atoms with van der Waals surface area (Å²) in [4.78, 5) is 37.2. The largest absolute Gasteiger partial charge is 0.455 e. The second-order valence-corrected chi connectivity index (χ2v) is 8.57. The zero-order valence-electron chi connectivity index (χ0n) is 16.3. The normalized spacial score (nSPS) is 17.8. The number of furan rings is 1. The van der Waals surface area contributed by atoms with Gasteiger partial charge in [-0.25, -0.2) is 0 Å². The molecule has 1 saturated carbocycles. The number of nitrogens with one attached hydrogen (secondary N) is 2. The molecular formula is C22H24N2O4. The third-order valence-corrected chi connectivity index (χ3v) is 5.30. The fourth-order valence-corrected chi connectivity index (χ4v) is 3.69. The van der Waals surface area contributed by atoms with Crippen LogP contribution in [0.15, 0.2) is 28.7 Å². The Kier molecular flexibility index (Phi) is 4.37. The van der Waals surface area contributed by atoms with E-state index in [-0.39, 0.29) is 22.9 Å². The molecule has 0 saturated heterocycles. The Bertz CT molecular complexity index is 965. The van der Waals surface area contributed by atoms with Crippen LogP contribution in [0.4, 0.5) is 5.69 Å². The molecule has 1 aromatic heterocycles. The third kappa shape index (κ3) is 3.59. The quantitative estimate of drug-likeness (QED) is 0.842. The standard InChI is InChI=1S/C22H24N2O4/c1-12-18-16(25)10-22(2,3)11-17(18)28-19(12)21(27)24-14-6-4-13(5-7-14)20(26)23-15-8-9-15/h4-7,15H,8-11H2,1-3H3,(H,23,26)(H,24,27). The molecule has 0 bridgehead atoms. The Morgan fingerprint density at radius 2 is 1.75 bits per heavy atom. The Morgan fingerprint density at radius 3 is 2.39 bits per heavy atom. The van der Waals surface area contributed by atoms with Gasteiger partial charge in [0.2, 0.25) is 0 Å². The molecule has 6 heteroatoms. The van der Waals surface area contributed by atoms with Crippen molar-refractivity contribution in [3.63, 3.8) is 0 Å². The number of fused-ring (bicyclic) bond motifs is 1. The number of anilines is 1. The van der Waals surface area contributed by atoms with Gasteiger partial charge in [-0.1, -0.05) is 13.8 Å². The molecule has 1 aromatic carbocycles. The van der Waals surface area contributed by atoms with Crippen molar-refractivity contribution in [3.8, 4) is 0 Å². The molecule has 2 aliphatic carbocycles. The van der Waals surface area contributed by atoms with Crippen LogP contribution in [0.25, 0.3) is 0 Å². The van der Waals surface area contributed by atoms with E-state index in [0.29, 0.717) is 47.0 Å². The summed E-state index contributed by atoms with van der Waals surface area (Å²) in [6.07, 6.45) is 3.15. The van der Waals surface area contributed by atoms with E-state index in [1.807, 2.05) is 13.8 Å². The highest BCUT2D eigenvalue weighted by Crippen LogP contribution is 2.38. The molecule has 2 aliphatic rings. The first-order valence-corrected chi connectivity index (χ1v) is 9.61. The number of rotatable bonds is 4. The summed E-state index contributed by atoms with van der Waals surface area (Å²) in [6.45, 7) is 5.79. The zero-order valence-corrected chi connectivity index (χ0v) is 16.3. The van der Waals surface area contributed by atoms with Crippen LogP contribution in [0.3, 0.4) is 0 Å². The summed E-state index contributed by atoms with van der Waals surface area (Å²) in [7, 11) is 0. The number of benzene rings is 1. The van der Waals surface area contributed by atoms with Crippen LogP contribution in [0.2, 0.25) is 0 Å². The number of Topliss-reactive ketones (excluding diaryl/α,β-unsaturated/α-hetero) is 1. The predicted octanol–water partition coefficient (Wildman–Crippen LogP) is 3.89. The predicted molar refractivity (Wildman–Crippen MR) is 105 cm³/mol. The second-order valence-electron chi connectivity index (χ2n) is 8.57. The number of hydrogen-bond donors (Lipinski definition) is 2. The Morgan fingerprint density at radius 1 is 1.07 bits per heavy atom. The number of hydrogen-bond acceptors (Lipinski definition) is 4. The van der Waals surface area contributed by atoms with E-state index in [2.05, 4.69) is 10.6 Å². The number of ketones is 1. The number of amides is 2. The zero-order chi connectivity index (χ0) is 20.1. The van der Waals surface area contributed by atoms with E-state index in [9.17, 15) is 14.4 Å². The lowest BCUT2D eigenvalue weighted by atomic mass is 9.76. The molecule has 0 atom stereocenters. The fourth-order valence-electron chi connectivity index (χ4n) is 3.69. The van der Waals surface area contributed by atoms with E-state index in [1.165, 1.54) is 0 Å². The lowest BCUT2D eigenvalue weighted by molar-refractivity contribution is 0.0897. The van der Waals surface area contributed by atoms with Crippen LogP contribution in [-0.4, -0.2) is 23.6 Å². The molecule has 2 aromatic rings. The molecular weight excluding hydrogens is 356 g/mol. The van der Waals surface area contributed by atoms with E-state index in [4.69, 9.17) is 4.42 Å². The first-order chi connectivity index (χ1) is 13.2. The third-order valence-electron chi connectivity index (χ3n) is 5.30. The van der Waals surface area contributed by atoms with Gasteiger partial charge in [-0.05, 0) is 49.4 Å². The van der Waals surface area contributed by atoms with Crippen molar-refractivity contribution in [2.24, 2.45) is 5.41 Å². The molecule has 1 heterocycles. The minimum absolute atomic E-state index is 0.0255. The molecule has 6 nitrogen and oxygen atoms in total. The SMILES string of the molecule is Cc1c(C(=O)Nc2ccc(C(=O)NC3CC3)cc2)oc2c1C(=O)CC(C)(C)C2. The van der Waals surface area contributed by atoms with Crippen molar-refractivity contribution in [1.29, 1.82) is 0 Å². The first-order valence-electron chi connectivity index (χ1n) is 9.61. The van der Waals surface area contributed by atoms with Gasteiger partial charge in [0.25, 0.3) is 11.8 Å². The molecule has 4 rings (SSSR count). The van der Waals surface area contributed by atoms with Crippen molar-refractivity contribution in [2.45, 2.75) is 52.5 Å². The van der Waals surface area contributed by atoms with E-state index >= 15 is 0 Å². The average Bonchev–Trinajstić information content (AvgIpc) is 3.36. The van der Waals surface area contributed by atoms with Gasteiger partial charge in [0.05, 0.1) is 5.56 Å². The van der Waals surface area contributed by atoms with E-state index in [1.54, 1.807) is 31.2 Å². The maximum absolute atomic E-state index is 12.7. The Hall–Kier alpha value is -2.89. The summed E-state index contributed by atoms with van der Waals surface area (Å²) in [5.41, 5.74) is 2.10. The van der Waals surface area contributed by atoms with Gasteiger partial charge in [-0.3, -0.25) is 14.4 Å². The lowest BCUT2D eigenvalue weighted by Crippen LogP contribution is -2.26. The van der Waals surface area contributed by atoms with Crippen molar-refractivity contribution in [2.75, 3.05) is 5.32 Å². The van der Waals surface area contributed by atoms with Crippen LogP contribution in [0.5, 0.6) is 0 Å². The topological polar surface area (TPSA) is 88.4 Å². The van der Waals surface area contributed by atoms with Gasteiger partial charge < -0.3 is 15.1 Å². The molecule has 1 fully saturated rings. The molecule has 2 amide bonds. The highest BCUT2D eigenvalue weighted by molar-refractivity contribution is 6.08. The first kappa shape index (κ1) is 18.5. The van der Waals surface area contributed by atoms with Gasteiger partial charge in [0.1, 0.15) is 5.76 Å². The van der Waals surface area contributed by atoms with Crippen molar-refractivity contribution in [1.82, 2.24) is 5.32 Å². The molecule has 146 valence electrons. The van der Waals surface area contributed by atoms with Gasteiger partial charge in [-0.15, -0.1) is 0 Å². The van der Waals surface area contributed by atoms with Crippen LogP contribution >= 0.6 is 0 Å². The van der Waals surface area contributed by atoms with Crippen molar-refractivity contribution in [3.05, 3.63) is 52.5 Å². The highest BCUT2D eigenvalue weighted by atomic mass is 16.4. The van der Waals surface area contributed by atoms with Gasteiger partial charge in [-0.2, -0.15) is 0 Å². The molecule has 0 spiro atoms. The minimum Gasteiger partial charge on any atom is -0.455 e. The van der Waals surface area contributed by atoms with Crippen LogP contribution < -0.4 is 10.6 Å². The maximum atomic E-state index is 12.7. The lowest BCUT2D eigenvalue weighted by Gasteiger charge is -2.27. The Labute approximate surface area is 163 Å². The molecule has 28 heavy (non-hydrogen) atoms. The van der Waals surface area contributed by atoms with E-state index < -0.39 is 5.91 Å². The Balaban J connectivity index is 1.50. The van der Waals surface area contributed by atoms with Gasteiger partial charge in [0.15, 0.2) is 11.5 Å².